The van der Waals surface area contributed by atoms with Gasteiger partial charge in [-0.05, 0) is 38.2 Å². The fraction of sp³-hybridized carbons (Fsp3) is 0.364. The quantitative estimate of drug-likeness (QED) is 0.653. The number of hydrogen-bond donors (Lipinski definition) is 2. The highest BCUT2D eigenvalue weighted by molar-refractivity contribution is 5.95. The van der Waals surface area contributed by atoms with E-state index in [0.29, 0.717) is 42.5 Å². The van der Waals surface area contributed by atoms with E-state index < -0.39 is 18.0 Å². The molecule has 1 aromatic heterocycles. The van der Waals surface area contributed by atoms with Gasteiger partial charge in [0, 0.05) is 18.8 Å². The number of ether oxygens (including phenoxy) is 3. The van der Waals surface area contributed by atoms with E-state index in [-0.39, 0.29) is 12.7 Å². The van der Waals surface area contributed by atoms with Gasteiger partial charge in [0.2, 0.25) is 0 Å². The molecule has 31 heavy (non-hydrogen) atoms. The Morgan fingerprint density at radius 3 is 2.77 bits per heavy atom. The van der Waals surface area contributed by atoms with E-state index in [9.17, 15) is 9.59 Å². The van der Waals surface area contributed by atoms with Gasteiger partial charge in [-0.2, -0.15) is 0 Å². The van der Waals surface area contributed by atoms with Crippen molar-refractivity contribution < 1.29 is 28.2 Å². The number of amides is 2. The zero-order valence-corrected chi connectivity index (χ0v) is 17.4. The Morgan fingerprint density at radius 2 is 2.03 bits per heavy atom. The lowest BCUT2D eigenvalue weighted by Gasteiger charge is -2.32. The number of nitrogens with one attached hydrogen (secondary N) is 2. The molecule has 2 aliphatic rings. The number of carbonyl (C=O) groups is 2. The Kier molecular flexibility index (Phi) is 6.13. The Bertz CT molecular complexity index is 971. The van der Waals surface area contributed by atoms with E-state index in [1.807, 2.05) is 36.2 Å². The zero-order chi connectivity index (χ0) is 21.8. The second-order valence-electron chi connectivity index (χ2n) is 7.35. The van der Waals surface area contributed by atoms with E-state index in [0.717, 1.165) is 5.75 Å². The summed E-state index contributed by atoms with van der Waals surface area (Å²) in [6, 6.07) is 9.79. The van der Waals surface area contributed by atoms with Crippen molar-refractivity contribution >= 4 is 12.0 Å². The van der Waals surface area contributed by atoms with Crippen molar-refractivity contribution in [2.24, 2.45) is 0 Å². The summed E-state index contributed by atoms with van der Waals surface area (Å²) in [5.74, 6) is 1.37. The molecule has 9 heteroatoms. The van der Waals surface area contributed by atoms with Gasteiger partial charge in [0.05, 0.1) is 18.4 Å². The molecule has 2 atom stereocenters. The van der Waals surface area contributed by atoms with E-state index in [4.69, 9.17) is 18.6 Å². The number of rotatable bonds is 7. The predicted molar refractivity (Wildman–Crippen MR) is 111 cm³/mol. The molecule has 9 nitrogen and oxygen atoms in total. The molecule has 164 valence electrons. The summed E-state index contributed by atoms with van der Waals surface area (Å²) in [6.07, 6.45) is 1.31. The first-order chi connectivity index (χ1) is 15.0. The Labute approximate surface area is 179 Å². The van der Waals surface area contributed by atoms with Gasteiger partial charge in [0.1, 0.15) is 24.5 Å². The smallest absolute Gasteiger partial charge is 0.338 e. The lowest BCUT2D eigenvalue weighted by atomic mass is 10.00. The van der Waals surface area contributed by atoms with Crippen LogP contribution in [0.25, 0.3) is 0 Å². The van der Waals surface area contributed by atoms with Crippen LogP contribution in [0.15, 0.2) is 58.3 Å². The van der Waals surface area contributed by atoms with Crippen molar-refractivity contribution in [3.63, 3.8) is 0 Å². The lowest BCUT2D eigenvalue weighted by molar-refractivity contribution is -0.139. The summed E-state index contributed by atoms with van der Waals surface area (Å²) in [5.41, 5.74) is 0.776. The average molecular weight is 427 g/mol. The highest BCUT2D eigenvalue weighted by atomic mass is 16.6. The fourth-order valence-electron chi connectivity index (χ4n) is 3.70. The third-order valence-corrected chi connectivity index (χ3v) is 4.99. The number of carbonyl (C=O) groups excluding carboxylic acids is 2. The van der Waals surface area contributed by atoms with Crippen LogP contribution in [0, 0.1) is 0 Å². The monoisotopic (exact) mass is 427 g/mol. The van der Waals surface area contributed by atoms with E-state index >= 15 is 0 Å². The number of nitrogens with zero attached hydrogens (tertiary/aromatic N) is 1. The second-order valence-corrected chi connectivity index (χ2v) is 7.35. The maximum atomic E-state index is 12.8. The molecule has 0 spiro atoms. The fourth-order valence-corrected chi connectivity index (χ4v) is 3.70. The summed E-state index contributed by atoms with van der Waals surface area (Å²) < 4.78 is 22.5. The van der Waals surface area contributed by atoms with E-state index in [1.165, 1.54) is 6.26 Å². The van der Waals surface area contributed by atoms with Crippen molar-refractivity contribution in [2.75, 3.05) is 33.4 Å². The summed E-state index contributed by atoms with van der Waals surface area (Å²) in [6.45, 7) is 3.20. The molecule has 2 amide bonds. The number of para-hydroxylation sites is 2. The zero-order valence-electron chi connectivity index (χ0n) is 17.4. The number of fused-ring (bicyclic) bond motifs is 1. The SMILES string of the molecule is CCOC(=O)C1=C(CN(C)C[C@@H]2COc3ccccc3O2)NC(=O)N[C@@H]1c1ccco1. The van der Waals surface area contributed by atoms with Crippen LogP contribution < -0.4 is 20.1 Å². The largest absolute Gasteiger partial charge is 0.486 e. The van der Waals surface area contributed by atoms with Crippen LogP contribution in [0.5, 0.6) is 11.5 Å². The number of hydrogen-bond acceptors (Lipinski definition) is 7. The minimum absolute atomic E-state index is 0.190. The summed E-state index contributed by atoms with van der Waals surface area (Å²) in [4.78, 5) is 27.0. The first-order valence-corrected chi connectivity index (χ1v) is 10.1. The topological polar surface area (TPSA) is 102 Å². The van der Waals surface area contributed by atoms with Gasteiger partial charge < -0.3 is 29.3 Å². The molecule has 3 heterocycles. The minimum atomic E-state index is -0.729. The minimum Gasteiger partial charge on any atom is -0.486 e. The molecule has 0 bridgehead atoms. The van der Waals surface area contributed by atoms with Crippen LogP contribution in [-0.4, -0.2) is 56.4 Å². The highest BCUT2D eigenvalue weighted by Gasteiger charge is 2.36. The maximum Gasteiger partial charge on any atom is 0.338 e. The first kappa shape index (κ1) is 20.8. The van der Waals surface area contributed by atoms with Gasteiger partial charge in [-0.1, -0.05) is 12.1 Å². The number of esters is 1. The molecular weight excluding hydrogens is 402 g/mol. The van der Waals surface area contributed by atoms with Crippen LogP contribution in [-0.2, 0) is 9.53 Å². The van der Waals surface area contributed by atoms with Gasteiger partial charge in [-0.15, -0.1) is 0 Å². The number of benzene rings is 1. The third-order valence-electron chi connectivity index (χ3n) is 4.99. The molecule has 1 aromatic carbocycles. The van der Waals surface area contributed by atoms with Crippen LogP contribution in [0.3, 0.4) is 0 Å². The molecular formula is C22H25N3O6. The molecule has 4 rings (SSSR count). The molecule has 2 aromatic rings. The Hall–Kier alpha value is -3.46. The number of urea groups is 1. The van der Waals surface area contributed by atoms with E-state index in [1.54, 1.807) is 19.1 Å². The standard InChI is InChI=1S/C22H25N3O6/c1-3-28-21(26)19-15(23-22(27)24-20(19)18-9-6-10-29-18)12-25(2)11-14-13-30-16-7-4-5-8-17(16)31-14/h4-10,14,20H,3,11-13H2,1-2H3,(H2,23,24,27)/t14-,20-/m1/s1. The Balaban J connectivity index is 1.52. The number of furan rings is 1. The highest BCUT2D eigenvalue weighted by Crippen LogP contribution is 2.31. The number of likely N-dealkylation sites (N-methyl/N-ethyl adjacent to an activating group) is 1. The molecule has 0 fully saturated rings. The molecule has 2 aliphatic heterocycles. The van der Waals surface area contributed by atoms with Gasteiger partial charge in [-0.25, -0.2) is 9.59 Å². The molecule has 0 unspecified atom stereocenters. The predicted octanol–water partition coefficient (Wildman–Crippen LogP) is 2.22. The van der Waals surface area contributed by atoms with E-state index in [2.05, 4.69) is 10.6 Å². The van der Waals surface area contributed by atoms with Crippen molar-refractivity contribution in [3.05, 3.63) is 59.7 Å². The third kappa shape index (κ3) is 4.66. The van der Waals surface area contributed by atoms with Crippen LogP contribution in [0.2, 0.25) is 0 Å². The van der Waals surface area contributed by atoms with Crippen molar-refractivity contribution in [1.82, 2.24) is 15.5 Å². The van der Waals surface area contributed by atoms with Crippen molar-refractivity contribution in [2.45, 2.75) is 19.1 Å². The molecule has 2 N–H and O–H groups in total. The molecule has 0 aliphatic carbocycles. The van der Waals surface area contributed by atoms with Crippen LogP contribution in [0.4, 0.5) is 4.79 Å². The van der Waals surface area contributed by atoms with Gasteiger partial charge in [0.25, 0.3) is 0 Å². The summed E-state index contributed by atoms with van der Waals surface area (Å²) in [5, 5.41) is 5.49. The first-order valence-electron chi connectivity index (χ1n) is 10.1. The summed E-state index contributed by atoms with van der Waals surface area (Å²) >= 11 is 0. The molecule has 0 saturated carbocycles. The normalized spacial score (nSPS) is 20.3. The second kappa shape index (κ2) is 9.13. The molecule has 0 saturated heterocycles. The van der Waals surface area contributed by atoms with Gasteiger partial charge >= 0.3 is 12.0 Å². The van der Waals surface area contributed by atoms with Crippen LogP contribution in [0.1, 0.15) is 18.7 Å². The molecule has 0 radical (unpaired) electrons. The Morgan fingerprint density at radius 1 is 1.23 bits per heavy atom. The van der Waals surface area contributed by atoms with Gasteiger partial charge in [0.15, 0.2) is 11.5 Å². The van der Waals surface area contributed by atoms with Crippen molar-refractivity contribution in [1.29, 1.82) is 0 Å². The van der Waals surface area contributed by atoms with Crippen molar-refractivity contribution in [3.8, 4) is 11.5 Å². The van der Waals surface area contributed by atoms with Gasteiger partial charge in [-0.3, -0.25) is 4.90 Å². The lowest BCUT2D eigenvalue weighted by Crippen LogP contribution is -2.49. The van der Waals surface area contributed by atoms with Crippen LogP contribution >= 0.6 is 0 Å². The maximum absolute atomic E-state index is 12.8. The summed E-state index contributed by atoms with van der Waals surface area (Å²) in [7, 11) is 1.88. The average Bonchev–Trinajstić information content (AvgIpc) is 3.28.